The summed E-state index contributed by atoms with van der Waals surface area (Å²) in [5.41, 5.74) is 2.20. The number of anilines is 1. The molecular weight excluding hydrogens is 338 g/mol. The van der Waals surface area contributed by atoms with Gasteiger partial charge in [0.25, 0.3) is 0 Å². The molecule has 4 rings (SSSR count). The van der Waals surface area contributed by atoms with Crippen LogP contribution in [0.2, 0.25) is 0 Å². The van der Waals surface area contributed by atoms with E-state index in [4.69, 9.17) is 10.3 Å². The summed E-state index contributed by atoms with van der Waals surface area (Å²) in [7, 11) is 0. The maximum atomic E-state index is 12.7. The number of para-hydroxylation sites is 1. The first-order chi connectivity index (χ1) is 12.1. The summed E-state index contributed by atoms with van der Waals surface area (Å²) in [6.45, 7) is 2.06. The van der Waals surface area contributed by atoms with Crippen molar-refractivity contribution in [3.8, 4) is 11.6 Å². The second kappa shape index (κ2) is 6.29. The number of carbonyl (C=O) groups excluding carboxylic acids is 1. The largest absolute Gasteiger partial charge is 0.461 e. The number of rotatable bonds is 4. The number of amides is 1. The highest BCUT2D eigenvalue weighted by Crippen LogP contribution is 2.32. The number of benzene rings is 1. The molecule has 0 radical (unpaired) electrons. The molecule has 2 N–H and O–H groups in total. The van der Waals surface area contributed by atoms with Crippen LogP contribution in [0, 0.1) is 0 Å². The molecule has 0 saturated heterocycles. The van der Waals surface area contributed by atoms with Crippen molar-refractivity contribution < 1.29 is 9.21 Å². The topological polar surface area (TPSA) is 90.2 Å². The van der Waals surface area contributed by atoms with Gasteiger partial charge in [0.1, 0.15) is 0 Å². The van der Waals surface area contributed by atoms with Crippen molar-refractivity contribution in [1.82, 2.24) is 14.9 Å². The van der Waals surface area contributed by atoms with E-state index in [2.05, 4.69) is 23.2 Å². The molecule has 25 heavy (non-hydrogen) atoms. The molecule has 7 nitrogen and oxygen atoms in total. The third kappa shape index (κ3) is 2.78. The fourth-order valence-corrected chi connectivity index (χ4v) is 3.81. The number of aromatic nitrogens is 3. The van der Waals surface area contributed by atoms with Crippen molar-refractivity contribution in [1.29, 1.82) is 0 Å². The van der Waals surface area contributed by atoms with Gasteiger partial charge in [-0.25, -0.2) is 4.68 Å². The summed E-state index contributed by atoms with van der Waals surface area (Å²) in [6, 6.07) is 11.7. The van der Waals surface area contributed by atoms with Gasteiger partial charge in [-0.2, -0.15) is 0 Å². The summed E-state index contributed by atoms with van der Waals surface area (Å²) < 4.78 is 6.63. The van der Waals surface area contributed by atoms with Gasteiger partial charge >= 0.3 is 0 Å². The number of furan rings is 1. The molecule has 3 heterocycles. The minimum absolute atomic E-state index is 0.0324. The summed E-state index contributed by atoms with van der Waals surface area (Å²) >= 11 is 1.27. The van der Waals surface area contributed by atoms with E-state index in [1.54, 1.807) is 18.4 Å². The molecule has 0 aliphatic carbocycles. The van der Waals surface area contributed by atoms with Gasteiger partial charge in [0.05, 0.1) is 12.0 Å². The summed E-state index contributed by atoms with van der Waals surface area (Å²) in [4.78, 5) is 14.6. The highest BCUT2D eigenvalue weighted by Gasteiger charge is 2.30. The average Bonchev–Trinajstić information content (AvgIpc) is 3.31. The Hall–Kier alpha value is -2.74. The summed E-state index contributed by atoms with van der Waals surface area (Å²) in [6.07, 6.45) is 2.43. The predicted octanol–water partition coefficient (Wildman–Crippen LogP) is 2.32. The molecule has 0 unspecified atom stereocenters. The van der Waals surface area contributed by atoms with E-state index < -0.39 is 0 Å². The van der Waals surface area contributed by atoms with Crippen molar-refractivity contribution in [3.63, 3.8) is 0 Å². The standard InChI is InChI=1S/C17H17N5O2S/c1-11-9-12-5-2-3-6-13(12)21(11)15(23)10-25-17-20-19-16(22(17)18)14-7-4-8-24-14/h2-8,11H,9-10,18H2,1H3/t11-/m0/s1. The van der Waals surface area contributed by atoms with Crippen LogP contribution < -0.4 is 10.7 Å². The molecule has 1 aliphatic heterocycles. The third-order valence-electron chi connectivity index (χ3n) is 4.21. The van der Waals surface area contributed by atoms with Crippen molar-refractivity contribution in [2.24, 2.45) is 0 Å². The van der Waals surface area contributed by atoms with Crippen LogP contribution in [0.4, 0.5) is 5.69 Å². The van der Waals surface area contributed by atoms with Crippen molar-refractivity contribution in [2.45, 2.75) is 24.5 Å². The monoisotopic (exact) mass is 355 g/mol. The van der Waals surface area contributed by atoms with Crippen molar-refractivity contribution in [2.75, 3.05) is 16.5 Å². The Bertz CT molecular complexity index is 906. The highest BCUT2D eigenvalue weighted by molar-refractivity contribution is 7.99. The van der Waals surface area contributed by atoms with E-state index in [1.807, 2.05) is 23.1 Å². The summed E-state index contributed by atoms with van der Waals surface area (Å²) in [5, 5.41) is 8.56. The molecule has 1 atom stereocenters. The van der Waals surface area contributed by atoms with E-state index in [0.29, 0.717) is 16.7 Å². The van der Waals surface area contributed by atoms with Gasteiger partial charge in [-0.1, -0.05) is 30.0 Å². The van der Waals surface area contributed by atoms with Crippen molar-refractivity contribution >= 4 is 23.4 Å². The normalized spacial score (nSPS) is 16.2. The van der Waals surface area contributed by atoms with Gasteiger partial charge in [0, 0.05) is 11.7 Å². The lowest BCUT2D eigenvalue weighted by Gasteiger charge is -2.22. The molecule has 1 aliphatic rings. The first-order valence-electron chi connectivity index (χ1n) is 7.92. The molecule has 1 amide bonds. The second-order valence-electron chi connectivity index (χ2n) is 5.89. The molecule has 1 aromatic carbocycles. The van der Waals surface area contributed by atoms with Gasteiger partial charge in [0.2, 0.25) is 16.9 Å². The number of hydrogen-bond donors (Lipinski definition) is 1. The summed E-state index contributed by atoms with van der Waals surface area (Å²) in [5.74, 6) is 7.27. The van der Waals surface area contributed by atoms with Crippen LogP contribution in [0.5, 0.6) is 0 Å². The zero-order valence-corrected chi connectivity index (χ0v) is 14.4. The highest BCUT2D eigenvalue weighted by atomic mass is 32.2. The van der Waals surface area contributed by atoms with Crippen LogP contribution in [0.15, 0.2) is 52.2 Å². The predicted molar refractivity (Wildman–Crippen MR) is 95.7 cm³/mol. The Morgan fingerprint density at radius 1 is 1.32 bits per heavy atom. The Labute approximate surface area is 148 Å². The number of nitrogens with two attached hydrogens (primary N) is 1. The molecule has 128 valence electrons. The lowest BCUT2D eigenvalue weighted by Crippen LogP contribution is -2.37. The third-order valence-corrected chi connectivity index (χ3v) is 5.13. The lowest BCUT2D eigenvalue weighted by molar-refractivity contribution is -0.116. The van der Waals surface area contributed by atoms with Gasteiger partial charge in [-0.05, 0) is 37.1 Å². The Balaban J connectivity index is 1.48. The van der Waals surface area contributed by atoms with Gasteiger partial charge < -0.3 is 15.2 Å². The lowest BCUT2D eigenvalue weighted by atomic mass is 10.1. The fraction of sp³-hybridized carbons (Fsp3) is 0.235. The van der Waals surface area contributed by atoms with E-state index >= 15 is 0 Å². The smallest absolute Gasteiger partial charge is 0.237 e. The molecule has 0 bridgehead atoms. The quantitative estimate of drug-likeness (QED) is 0.571. The molecular formula is C17H17N5O2S. The fourth-order valence-electron chi connectivity index (χ4n) is 3.09. The van der Waals surface area contributed by atoms with Crippen LogP contribution in [-0.4, -0.2) is 32.6 Å². The molecule has 0 fully saturated rings. The van der Waals surface area contributed by atoms with Gasteiger partial charge in [-0.3, -0.25) is 4.79 Å². The van der Waals surface area contributed by atoms with Crippen LogP contribution in [0.25, 0.3) is 11.6 Å². The number of carbonyl (C=O) groups is 1. The maximum absolute atomic E-state index is 12.7. The average molecular weight is 355 g/mol. The number of nitrogen functional groups attached to an aromatic ring is 1. The van der Waals surface area contributed by atoms with E-state index in [1.165, 1.54) is 22.0 Å². The number of thioether (sulfide) groups is 1. The zero-order valence-electron chi connectivity index (χ0n) is 13.6. The first-order valence-corrected chi connectivity index (χ1v) is 8.91. The molecule has 2 aromatic heterocycles. The molecule has 0 saturated carbocycles. The van der Waals surface area contributed by atoms with Crippen molar-refractivity contribution in [3.05, 3.63) is 48.2 Å². The van der Waals surface area contributed by atoms with Crippen LogP contribution in [0.3, 0.4) is 0 Å². The number of fused-ring (bicyclic) bond motifs is 1. The van der Waals surface area contributed by atoms with Crippen LogP contribution in [0.1, 0.15) is 12.5 Å². The van der Waals surface area contributed by atoms with E-state index in [0.717, 1.165) is 12.1 Å². The zero-order chi connectivity index (χ0) is 17.4. The Kier molecular flexibility index (Phi) is 3.96. The molecule has 0 spiro atoms. The van der Waals surface area contributed by atoms with E-state index in [9.17, 15) is 4.79 Å². The Morgan fingerprint density at radius 3 is 2.96 bits per heavy atom. The molecule has 8 heteroatoms. The maximum Gasteiger partial charge on any atom is 0.237 e. The van der Waals surface area contributed by atoms with Crippen LogP contribution in [-0.2, 0) is 11.2 Å². The molecule has 3 aromatic rings. The number of nitrogens with zero attached hydrogens (tertiary/aromatic N) is 4. The minimum atomic E-state index is 0.0324. The SMILES string of the molecule is C[C@H]1Cc2ccccc2N1C(=O)CSc1nnc(-c2ccco2)n1N. The Morgan fingerprint density at radius 2 is 2.16 bits per heavy atom. The minimum Gasteiger partial charge on any atom is -0.461 e. The van der Waals surface area contributed by atoms with Gasteiger partial charge in [-0.15, -0.1) is 10.2 Å². The van der Waals surface area contributed by atoms with Gasteiger partial charge in [0.15, 0.2) is 5.76 Å². The second-order valence-corrected chi connectivity index (χ2v) is 6.83. The van der Waals surface area contributed by atoms with E-state index in [-0.39, 0.29) is 17.7 Å². The van der Waals surface area contributed by atoms with Crippen LogP contribution >= 0.6 is 11.8 Å². The number of hydrogen-bond acceptors (Lipinski definition) is 6. The first kappa shape index (κ1) is 15.8.